The summed E-state index contributed by atoms with van der Waals surface area (Å²) < 4.78 is 5.41. The average molecular weight is 224 g/mol. The van der Waals surface area contributed by atoms with Gasteiger partial charge in [-0.1, -0.05) is 13.8 Å². The molecule has 0 aromatic carbocycles. The summed E-state index contributed by atoms with van der Waals surface area (Å²) in [4.78, 5) is 8.32. The number of hydrogen-bond acceptors (Lipinski definition) is 4. The highest BCUT2D eigenvalue weighted by atomic mass is 16.5. The van der Waals surface area contributed by atoms with Crippen LogP contribution in [0.5, 0.6) is 5.88 Å². The van der Waals surface area contributed by atoms with E-state index in [9.17, 15) is 5.11 Å². The molecule has 1 aromatic heterocycles. The largest absolute Gasteiger partial charge is 0.478 e. The van der Waals surface area contributed by atoms with Gasteiger partial charge in [-0.25, -0.2) is 9.97 Å². The minimum Gasteiger partial charge on any atom is -0.478 e. The molecule has 0 fully saturated rings. The number of aliphatic hydroxyl groups excluding tert-OH is 1. The van der Waals surface area contributed by atoms with E-state index in [0.717, 1.165) is 11.3 Å². The lowest BCUT2D eigenvalue weighted by Crippen LogP contribution is -2.17. The van der Waals surface area contributed by atoms with Gasteiger partial charge in [-0.2, -0.15) is 0 Å². The van der Waals surface area contributed by atoms with E-state index in [-0.39, 0.29) is 12.0 Å². The summed E-state index contributed by atoms with van der Waals surface area (Å²) in [6, 6.07) is 0. The normalized spacial score (nSPS) is 14.6. The minimum absolute atomic E-state index is 0.00667. The van der Waals surface area contributed by atoms with Gasteiger partial charge in [0.15, 0.2) is 0 Å². The van der Waals surface area contributed by atoms with Gasteiger partial charge < -0.3 is 9.84 Å². The maximum atomic E-state index is 9.82. The van der Waals surface area contributed by atoms with Crippen LogP contribution in [0, 0.1) is 6.92 Å². The van der Waals surface area contributed by atoms with Gasteiger partial charge >= 0.3 is 0 Å². The number of ether oxygens (including phenoxy) is 1. The van der Waals surface area contributed by atoms with Crippen LogP contribution in [0.25, 0.3) is 0 Å². The van der Waals surface area contributed by atoms with Gasteiger partial charge in [0.1, 0.15) is 6.33 Å². The van der Waals surface area contributed by atoms with E-state index in [4.69, 9.17) is 4.74 Å². The van der Waals surface area contributed by atoms with Crippen LogP contribution in [-0.2, 0) is 0 Å². The Labute approximate surface area is 96.7 Å². The molecule has 0 spiro atoms. The van der Waals surface area contributed by atoms with E-state index in [0.29, 0.717) is 18.9 Å². The first kappa shape index (κ1) is 12.9. The molecule has 90 valence electrons. The molecule has 2 unspecified atom stereocenters. The quantitative estimate of drug-likeness (QED) is 0.831. The SMILES string of the molecule is CCOc1ncnc(C(C)C(O)CC)c1C. The molecule has 0 saturated carbocycles. The molecule has 1 rings (SSSR count). The topological polar surface area (TPSA) is 55.2 Å². The van der Waals surface area contributed by atoms with Crippen LogP contribution >= 0.6 is 0 Å². The Morgan fingerprint density at radius 1 is 1.38 bits per heavy atom. The van der Waals surface area contributed by atoms with Crippen molar-refractivity contribution in [2.24, 2.45) is 0 Å². The fourth-order valence-electron chi connectivity index (χ4n) is 1.72. The number of aromatic nitrogens is 2. The fourth-order valence-corrected chi connectivity index (χ4v) is 1.72. The molecule has 1 heterocycles. The van der Waals surface area contributed by atoms with E-state index in [1.54, 1.807) is 0 Å². The van der Waals surface area contributed by atoms with Gasteiger partial charge in [0.25, 0.3) is 0 Å². The van der Waals surface area contributed by atoms with Gasteiger partial charge in [0.05, 0.1) is 18.4 Å². The third kappa shape index (κ3) is 2.70. The molecule has 0 bridgehead atoms. The number of aliphatic hydroxyl groups is 1. The second-order valence-corrected chi connectivity index (χ2v) is 3.89. The zero-order chi connectivity index (χ0) is 12.1. The average Bonchev–Trinajstić information content (AvgIpc) is 2.30. The number of nitrogens with zero attached hydrogens (tertiary/aromatic N) is 2. The van der Waals surface area contributed by atoms with Crippen LogP contribution in [0.15, 0.2) is 6.33 Å². The van der Waals surface area contributed by atoms with Crippen LogP contribution in [0.4, 0.5) is 0 Å². The monoisotopic (exact) mass is 224 g/mol. The molecule has 0 aliphatic rings. The van der Waals surface area contributed by atoms with Crippen molar-refractivity contribution >= 4 is 0 Å². The van der Waals surface area contributed by atoms with Crippen LogP contribution < -0.4 is 4.74 Å². The molecule has 0 amide bonds. The van der Waals surface area contributed by atoms with Crippen molar-refractivity contribution < 1.29 is 9.84 Å². The Morgan fingerprint density at radius 2 is 2.06 bits per heavy atom. The smallest absolute Gasteiger partial charge is 0.219 e. The lowest BCUT2D eigenvalue weighted by molar-refractivity contribution is 0.143. The van der Waals surface area contributed by atoms with Gasteiger partial charge in [0, 0.05) is 11.5 Å². The lowest BCUT2D eigenvalue weighted by atomic mass is 9.96. The summed E-state index contributed by atoms with van der Waals surface area (Å²) in [6.45, 7) is 8.37. The summed E-state index contributed by atoms with van der Waals surface area (Å²) in [6.07, 6.45) is 1.84. The van der Waals surface area contributed by atoms with Crippen molar-refractivity contribution in [2.75, 3.05) is 6.61 Å². The van der Waals surface area contributed by atoms with Crippen LogP contribution in [0.3, 0.4) is 0 Å². The Bertz CT molecular complexity index is 342. The highest BCUT2D eigenvalue weighted by molar-refractivity contribution is 5.30. The van der Waals surface area contributed by atoms with Crippen molar-refractivity contribution in [3.8, 4) is 5.88 Å². The number of hydrogen-bond donors (Lipinski definition) is 1. The molecule has 0 aliphatic heterocycles. The van der Waals surface area contributed by atoms with Crippen molar-refractivity contribution in [2.45, 2.75) is 46.1 Å². The molecule has 16 heavy (non-hydrogen) atoms. The molecule has 2 atom stereocenters. The molecule has 4 heteroatoms. The summed E-state index contributed by atoms with van der Waals surface area (Å²) in [5.41, 5.74) is 1.79. The first-order valence-corrected chi connectivity index (χ1v) is 5.74. The standard InChI is InChI=1S/C12H20N2O2/c1-5-10(15)8(3)11-9(4)12(16-6-2)14-7-13-11/h7-8,10,15H,5-6H2,1-4H3. The third-order valence-corrected chi connectivity index (χ3v) is 2.78. The van der Waals surface area contributed by atoms with Crippen molar-refractivity contribution in [3.05, 3.63) is 17.6 Å². The van der Waals surface area contributed by atoms with Crippen LogP contribution in [0.1, 0.15) is 44.4 Å². The Morgan fingerprint density at radius 3 is 2.62 bits per heavy atom. The Hall–Kier alpha value is -1.16. The van der Waals surface area contributed by atoms with Crippen molar-refractivity contribution in [3.63, 3.8) is 0 Å². The summed E-state index contributed by atoms with van der Waals surface area (Å²) in [5.74, 6) is 0.620. The van der Waals surface area contributed by atoms with Gasteiger partial charge in [-0.05, 0) is 20.3 Å². The van der Waals surface area contributed by atoms with Crippen LogP contribution in [0.2, 0.25) is 0 Å². The highest BCUT2D eigenvalue weighted by Gasteiger charge is 2.20. The van der Waals surface area contributed by atoms with Gasteiger partial charge in [-0.15, -0.1) is 0 Å². The number of rotatable bonds is 5. The van der Waals surface area contributed by atoms with Crippen molar-refractivity contribution in [1.29, 1.82) is 0 Å². The first-order chi connectivity index (χ1) is 7.61. The summed E-state index contributed by atoms with van der Waals surface area (Å²) >= 11 is 0. The van der Waals surface area contributed by atoms with E-state index >= 15 is 0 Å². The lowest BCUT2D eigenvalue weighted by Gasteiger charge is -2.19. The fraction of sp³-hybridized carbons (Fsp3) is 0.667. The molecule has 4 nitrogen and oxygen atoms in total. The van der Waals surface area contributed by atoms with Gasteiger partial charge in [-0.3, -0.25) is 0 Å². The molecular weight excluding hydrogens is 204 g/mol. The van der Waals surface area contributed by atoms with E-state index in [1.807, 2.05) is 27.7 Å². The van der Waals surface area contributed by atoms with Crippen LogP contribution in [-0.4, -0.2) is 27.8 Å². The zero-order valence-corrected chi connectivity index (χ0v) is 10.4. The minimum atomic E-state index is -0.372. The molecule has 0 radical (unpaired) electrons. The zero-order valence-electron chi connectivity index (χ0n) is 10.4. The van der Waals surface area contributed by atoms with Crippen molar-refractivity contribution in [1.82, 2.24) is 9.97 Å². The van der Waals surface area contributed by atoms with E-state index < -0.39 is 0 Å². The maximum absolute atomic E-state index is 9.82. The van der Waals surface area contributed by atoms with E-state index in [1.165, 1.54) is 6.33 Å². The Kier molecular flexibility index (Phi) is 4.68. The third-order valence-electron chi connectivity index (χ3n) is 2.78. The molecule has 1 aromatic rings. The summed E-state index contributed by atoms with van der Waals surface area (Å²) in [5, 5.41) is 9.82. The highest BCUT2D eigenvalue weighted by Crippen LogP contribution is 2.26. The predicted octanol–water partition coefficient (Wildman–Crippen LogP) is 2.06. The molecule has 0 saturated heterocycles. The predicted molar refractivity (Wildman–Crippen MR) is 62.7 cm³/mol. The molecular formula is C12H20N2O2. The maximum Gasteiger partial charge on any atom is 0.219 e. The van der Waals surface area contributed by atoms with Gasteiger partial charge in [0.2, 0.25) is 5.88 Å². The second kappa shape index (κ2) is 5.80. The molecule has 0 aliphatic carbocycles. The second-order valence-electron chi connectivity index (χ2n) is 3.89. The van der Waals surface area contributed by atoms with E-state index in [2.05, 4.69) is 9.97 Å². The first-order valence-electron chi connectivity index (χ1n) is 5.74. The molecule has 1 N–H and O–H groups in total. The summed E-state index contributed by atoms with van der Waals surface area (Å²) in [7, 11) is 0. The Balaban J connectivity index is 3.00.